The van der Waals surface area contributed by atoms with Crippen LogP contribution in [0.25, 0.3) is 22.6 Å². The van der Waals surface area contributed by atoms with Gasteiger partial charge in [0.05, 0.1) is 16.8 Å². The van der Waals surface area contributed by atoms with E-state index in [0.717, 1.165) is 28.1 Å². The van der Waals surface area contributed by atoms with E-state index in [0.29, 0.717) is 41.3 Å². The minimum atomic E-state index is 0.510. The number of aromatic amines is 1. The summed E-state index contributed by atoms with van der Waals surface area (Å²) in [6.07, 6.45) is 5.09. The quantitative estimate of drug-likeness (QED) is 0.241. The molecule has 0 aliphatic rings. The minimum Gasteiger partial charge on any atom is -0.368 e. The fourth-order valence-electron chi connectivity index (χ4n) is 3.22. The van der Waals surface area contributed by atoms with Crippen LogP contribution in [0.15, 0.2) is 48.9 Å². The Morgan fingerprint density at radius 1 is 0.889 bits per heavy atom. The van der Waals surface area contributed by atoms with Crippen molar-refractivity contribution in [2.24, 2.45) is 0 Å². The Hall–Kier alpha value is -3.96. The van der Waals surface area contributed by atoms with Crippen molar-refractivity contribution in [3.63, 3.8) is 0 Å². The molecule has 0 atom stereocenters. The molecule has 0 saturated carbocycles. The molecule has 0 fully saturated rings. The van der Waals surface area contributed by atoms with Crippen LogP contribution in [0.5, 0.6) is 0 Å². The Kier molecular flexibility index (Phi) is 11.3. The molecule has 0 amide bonds. The number of imidazole rings is 1. The summed E-state index contributed by atoms with van der Waals surface area (Å²) in [4.78, 5) is 21.2. The van der Waals surface area contributed by atoms with Crippen molar-refractivity contribution in [2.45, 2.75) is 41.5 Å². The molecule has 9 heteroatoms. The molecule has 188 valence electrons. The normalized spacial score (nSPS) is 9.72. The van der Waals surface area contributed by atoms with E-state index in [1.54, 1.807) is 24.5 Å². The van der Waals surface area contributed by atoms with E-state index < -0.39 is 0 Å². The summed E-state index contributed by atoms with van der Waals surface area (Å²) in [5.41, 5.74) is 5.05. The molecule has 1 aromatic carbocycles. The van der Waals surface area contributed by atoms with E-state index >= 15 is 0 Å². The van der Waals surface area contributed by atoms with Gasteiger partial charge < -0.3 is 15.6 Å². The molecule has 8 nitrogen and oxygen atoms in total. The lowest BCUT2D eigenvalue weighted by molar-refractivity contribution is 1.02. The van der Waals surface area contributed by atoms with Gasteiger partial charge in [0.25, 0.3) is 0 Å². The number of H-pyrrole nitrogens is 1. The second kappa shape index (κ2) is 14.4. The van der Waals surface area contributed by atoms with Gasteiger partial charge in [-0.05, 0) is 43.7 Å². The maximum absolute atomic E-state index is 8.85. The Bertz CT molecular complexity index is 1280. The van der Waals surface area contributed by atoms with E-state index in [4.69, 9.17) is 21.8 Å². The summed E-state index contributed by atoms with van der Waals surface area (Å²) in [5.74, 6) is 1.93. The number of aromatic nitrogens is 5. The third-order valence-electron chi connectivity index (χ3n) is 4.80. The Balaban J connectivity index is 0.00000109. The first-order valence-electron chi connectivity index (χ1n) is 12.0. The topological polar surface area (TPSA) is 115 Å². The van der Waals surface area contributed by atoms with Crippen LogP contribution in [0.2, 0.25) is 5.02 Å². The number of rotatable bonds is 7. The molecule has 4 aromatic rings. The fraction of sp³-hybridized carbons (Fsp3) is 0.296. The van der Waals surface area contributed by atoms with Gasteiger partial charge in [0, 0.05) is 48.0 Å². The third-order valence-corrected chi connectivity index (χ3v) is 5.03. The predicted molar refractivity (Wildman–Crippen MR) is 148 cm³/mol. The van der Waals surface area contributed by atoms with Crippen LogP contribution in [-0.2, 0) is 0 Å². The number of anilines is 2. The summed E-state index contributed by atoms with van der Waals surface area (Å²) < 4.78 is 0. The van der Waals surface area contributed by atoms with E-state index in [1.807, 2.05) is 59.7 Å². The second-order valence-corrected chi connectivity index (χ2v) is 7.66. The lowest BCUT2D eigenvalue weighted by atomic mass is 10.0. The molecule has 3 N–H and O–H groups in total. The monoisotopic (exact) mass is 504 g/mol. The molecule has 0 bridgehead atoms. The maximum atomic E-state index is 8.85. The smallest absolute Gasteiger partial charge is 0.223 e. The maximum Gasteiger partial charge on any atom is 0.223 e. The number of nitrogens with one attached hydrogen (secondary N) is 3. The number of halogens is 1. The molecule has 3 aromatic heterocycles. The van der Waals surface area contributed by atoms with Crippen molar-refractivity contribution in [1.82, 2.24) is 24.9 Å². The lowest BCUT2D eigenvalue weighted by Gasteiger charge is -2.13. The van der Waals surface area contributed by atoms with Crippen molar-refractivity contribution in [3.05, 3.63) is 70.8 Å². The van der Waals surface area contributed by atoms with Crippen LogP contribution in [0.1, 0.15) is 44.5 Å². The number of aryl methyl sites for hydroxylation is 2. The summed E-state index contributed by atoms with van der Waals surface area (Å²) >= 11 is 6.16. The van der Waals surface area contributed by atoms with Gasteiger partial charge in [-0.3, -0.25) is 0 Å². The van der Waals surface area contributed by atoms with Gasteiger partial charge in [0.2, 0.25) is 5.95 Å². The molecule has 0 aliphatic heterocycles. The van der Waals surface area contributed by atoms with Crippen molar-refractivity contribution < 1.29 is 0 Å². The molecule has 0 saturated heterocycles. The van der Waals surface area contributed by atoms with Gasteiger partial charge in [0.15, 0.2) is 0 Å². The second-order valence-electron chi connectivity index (χ2n) is 7.23. The third kappa shape index (κ3) is 7.52. The number of hydrogen-bond donors (Lipinski definition) is 3. The van der Waals surface area contributed by atoms with Gasteiger partial charge in [-0.25, -0.2) is 19.9 Å². The molecule has 36 heavy (non-hydrogen) atoms. The number of hydrogen-bond acceptors (Lipinski definition) is 7. The Morgan fingerprint density at radius 2 is 1.64 bits per heavy atom. The predicted octanol–water partition coefficient (Wildman–Crippen LogP) is 6.65. The average molecular weight is 505 g/mol. The van der Waals surface area contributed by atoms with Crippen molar-refractivity contribution in [3.8, 4) is 28.7 Å². The van der Waals surface area contributed by atoms with Crippen LogP contribution < -0.4 is 10.6 Å². The Labute approximate surface area is 218 Å². The first-order valence-corrected chi connectivity index (χ1v) is 12.4. The molecule has 0 radical (unpaired) electrons. The zero-order valence-electron chi connectivity index (χ0n) is 21.6. The summed E-state index contributed by atoms with van der Waals surface area (Å²) in [7, 11) is 0. The number of nitrogens with zero attached hydrogens (tertiary/aromatic N) is 5. The highest BCUT2D eigenvalue weighted by Gasteiger charge is 2.16. The zero-order valence-corrected chi connectivity index (χ0v) is 22.4. The number of benzene rings is 1. The van der Waals surface area contributed by atoms with Crippen LogP contribution in [0.3, 0.4) is 0 Å². The van der Waals surface area contributed by atoms with Gasteiger partial charge >= 0.3 is 0 Å². The first-order chi connectivity index (χ1) is 17.5. The number of nitriles is 1. The minimum absolute atomic E-state index is 0.510. The van der Waals surface area contributed by atoms with Crippen LogP contribution in [0, 0.1) is 25.2 Å². The van der Waals surface area contributed by atoms with E-state index in [2.05, 4.69) is 36.6 Å². The van der Waals surface area contributed by atoms with Crippen LogP contribution in [0.4, 0.5) is 11.8 Å². The van der Waals surface area contributed by atoms with Crippen LogP contribution in [-0.4, -0.2) is 38.0 Å². The molecule has 3 heterocycles. The van der Waals surface area contributed by atoms with E-state index in [1.165, 1.54) is 6.20 Å². The van der Waals surface area contributed by atoms with Crippen molar-refractivity contribution >= 4 is 23.4 Å². The first kappa shape index (κ1) is 28.3. The highest BCUT2D eigenvalue weighted by Crippen LogP contribution is 2.32. The highest BCUT2D eigenvalue weighted by molar-refractivity contribution is 6.30. The van der Waals surface area contributed by atoms with Gasteiger partial charge in [-0.1, -0.05) is 45.4 Å². The molecule has 0 spiro atoms. The van der Waals surface area contributed by atoms with Gasteiger partial charge in [0.1, 0.15) is 17.7 Å². The zero-order chi connectivity index (χ0) is 26.5. The largest absolute Gasteiger partial charge is 0.368 e. The molecular weight excluding hydrogens is 472 g/mol. The molecular formula is C27H33ClN8. The van der Waals surface area contributed by atoms with E-state index in [9.17, 15) is 0 Å². The fourth-order valence-corrected chi connectivity index (χ4v) is 3.44. The molecule has 0 aliphatic carbocycles. The van der Waals surface area contributed by atoms with Crippen molar-refractivity contribution in [1.29, 1.82) is 5.26 Å². The van der Waals surface area contributed by atoms with Gasteiger partial charge in [-0.15, -0.1) is 0 Å². The Morgan fingerprint density at radius 3 is 2.25 bits per heavy atom. The van der Waals surface area contributed by atoms with Crippen molar-refractivity contribution in [2.75, 3.05) is 23.7 Å². The number of pyridine rings is 1. The summed E-state index contributed by atoms with van der Waals surface area (Å²) in [6.45, 7) is 13.1. The SMILES string of the molecule is CC.CC.Cc1cnc(-c2cnc(NCCNc3ccc(C#N)cn3)nc2-c2ccc(Cl)cc2C)[nH]1. The van der Waals surface area contributed by atoms with E-state index in [-0.39, 0.29) is 0 Å². The molecule has 0 unspecified atom stereocenters. The lowest BCUT2D eigenvalue weighted by Crippen LogP contribution is -2.16. The standard InChI is InChI=1S/C23H21ClN8.2C2H6/c1-14-9-17(24)4-5-18(14)21-19(22-29-11-15(2)31-22)13-30-23(32-21)27-8-7-26-20-6-3-16(10-25)12-28-20;2*1-2/h3-6,9,11-13H,7-8H2,1-2H3,(H,26,28)(H,29,31)(H,27,30,32);2*1-2H3. The molecule has 4 rings (SSSR count). The summed E-state index contributed by atoms with van der Waals surface area (Å²) in [6, 6.07) is 11.3. The van der Waals surface area contributed by atoms with Crippen LogP contribution >= 0.6 is 11.6 Å². The average Bonchev–Trinajstić information content (AvgIpc) is 3.35. The highest BCUT2D eigenvalue weighted by atomic mass is 35.5. The van der Waals surface area contributed by atoms with Gasteiger partial charge in [-0.2, -0.15) is 5.26 Å². The summed E-state index contributed by atoms with van der Waals surface area (Å²) in [5, 5.41) is 16.0.